The van der Waals surface area contributed by atoms with E-state index in [1.54, 1.807) is 0 Å². The molecular weight excluding hydrogens is 336 g/mol. The van der Waals surface area contributed by atoms with E-state index in [4.69, 9.17) is 21.7 Å². The molecule has 1 aliphatic rings. The lowest BCUT2D eigenvalue weighted by Crippen LogP contribution is -2.51. The summed E-state index contributed by atoms with van der Waals surface area (Å²) < 4.78 is 11.3. The van der Waals surface area contributed by atoms with Crippen molar-refractivity contribution in [3.63, 3.8) is 0 Å². The Hall–Kier alpha value is -2.08. The van der Waals surface area contributed by atoms with Gasteiger partial charge in [-0.3, -0.25) is 4.79 Å². The Labute approximate surface area is 154 Å². The van der Waals surface area contributed by atoms with E-state index in [1.165, 1.54) is 0 Å². The fourth-order valence-corrected chi connectivity index (χ4v) is 2.97. The zero-order valence-electron chi connectivity index (χ0n) is 14.8. The lowest BCUT2D eigenvalue weighted by Gasteiger charge is -2.35. The molecule has 6 heteroatoms. The number of ether oxygens (including phenoxy) is 2. The minimum atomic E-state index is -0.574. The van der Waals surface area contributed by atoms with Gasteiger partial charge in [-0.25, -0.2) is 0 Å². The van der Waals surface area contributed by atoms with E-state index in [-0.39, 0.29) is 12.0 Å². The van der Waals surface area contributed by atoms with Crippen molar-refractivity contribution in [3.05, 3.63) is 42.1 Å². The highest BCUT2D eigenvalue weighted by Crippen LogP contribution is 2.35. The molecule has 5 nitrogen and oxygen atoms in total. The summed E-state index contributed by atoms with van der Waals surface area (Å²) in [5.41, 5.74) is 1.42. The predicted molar refractivity (Wildman–Crippen MR) is 102 cm³/mol. The zero-order chi connectivity index (χ0) is 18.2. The molecule has 0 saturated carbocycles. The quantitative estimate of drug-likeness (QED) is 0.420. The van der Waals surface area contributed by atoms with Crippen LogP contribution in [0.2, 0.25) is 0 Å². The number of para-hydroxylation sites is 1. The first-order chi connectivity index (χ1) is 12.1. The van der Waals surface area contributed by atoms with Crippen molar-refractivity contribution in [1.29, 1.82) is 0 Å². The first kappa shape index (κ1) is 19.2. The van der Waals surface area contributed by atoms with Gasteiger partial charge in [0.15, 0.2) is 5.11 Å². The Bertz CT molecular complexity index is 633. The summed E-state index contributed by atoms with van der Waals surface area (Å²) in [5.74, 6) is -0.142. The van der Waals surface area contributed by atoms with Crippen molar-refractivity contribution in [3.8, 4) is 5.75 Å². The first-order valence-corrected chi connectivity index (χ1v) is 9.14. The predicted octanol–water partition coefficient (Wildman–Crippen LogP) is 3.47. The van der Waals surface area contributed by atoms with Crippen LogP contribution >= 0.6 is 12.2 Å². The van der Waals surface area contributed by atoms with Crippen LogP contribution in [0.3, 0.4) is 0 Å². The highest BCUT2D eigenvalue weighted by Gasteiger charge is 2.39. The SMILES string of the molecule is C=C1NC(=S)N[C@H](c2ccccc2OCCC)[C@H]1C(=O)OCCCC. The molecule has 1 aliphatic heterocycles. The molecule has 1 aromatic rings. The topological polar surface area (TPSA) is 59.6 Å². The van der Waals surface area contributed by atoms with E-state index in [9.17, 15) is 4.79 Å². The fourth-order valence-electron chi connectivity index (χ4n) is 2.71. The van der Waals surface area contributed by atoms with Gasteiger partial charge in [0.05, 0.1) is 19.3 Å². The molecular formula is C19H26N2O3S. The van der Waals surface area contributed by atoms with E-state index in [1.807, 2.05) is 24.3 Å². The number of benzene rings is 1. The Balaban J connectivity index is 2.29. The number of hydrogen-bond acceptors (Lipinski definition) is 4. The van der Waals surface area contributed by atoms with Crippen LogP contribution < -0.4 is 15.4 Å². The maximum atomic E-state index is 12.7. The number of hydrogen-bond donors (Lipinski definition) is 2. The third-order valence-corrected chi connectivity index (χ3v) is 4.20. The second-order valence-electron chi connectivity index (χ2n) is 5.99. The van der Waals surface area contributed by atoms with E-state index in [0.717, 1.165) is 30.6 Å². The summed E-state index contributed by atoms with van der Waals surface area (Å²) >= 11 is 5.26. The summed E-state index contributed by atoms with van der Waals surface area (Å²) in [6.07, 6.45) is 2.71. The second kappa shape index (κ2) is 9.42. The molecule has 2 rings (SSSR count). The van der Waals surface area contributed by atoms with Gasteiger partial charge in [0, 0.05) is 11.3 Å². The Morgan fingerprint density at radius 3 is 2.72 bits per heavy atom. The third kappa shape index (κ3) is 4.95. The molecule has 0 amide bonds. The number of thiocarbonyl (C=S) groups is 1. The summed E-state index contributed by atoms with van der Waals surface area (Å²) in [6, 6.07) is 7.31. The minimum absolute atomic E-state index is 0.309. The largest absolute Gasteiger partial charge is 0.493 e. The Morgan fingerprint density at radius 1 is 1.24 bits per heavy atom. The normalized spacial score (nSPS) is 19.8. The second-order valence-corrected chi connectivity index (χ2v) is 6.39. The number of rotatable bonds is 8. The maximum Gasteiger partial charge on any atom is 0.317 e. The van der Waals surface area contributed by atoms with Crippen LogP contribution in [0.4, 0.5) is 0 Å². The minimum Gasteiger partial charge on any atom is -0.493 e. The van der Waals surface area contributed by atoms with Crippen molar-refractivity contribution in [2.75, 3.05) is 13.2 Å². The molecule has 1 fully saturated rings. The van der Waals surface area contributed by atoms with Crippen LogP contribution in [0.15, 0.2) is 36.5 Å². The van der Waals surface area contributed by atoms with E-state index in [2.05, 4.69) is 31.1 Å². The molecule has 2 N–H and O–H groups in total. The number of nitrogens with one attached hydrogen (secondary N) is 2. The van der Waals surface area contributed by atoms with Crippen LogP contribution in [-0.4, -0.2) is 24.3 Å². The lowest BCUT2D eigenvalue weighted by molar-refractivity contribution is -0.148. The number of unbranched alkanes of at least 4 members (excludes halogenated alkanes) is 1. The first-order valence-electron chi connectivity index (χ1n) is 8.73. The van der Waals surface area contributed by atoms with E-state index < -0.39 is 5.92 Å². The van der Waals surface area contributed by atoms with Gasteiger partial charge in [-0.15, -0.1) is 0 Å². The third-order valence-electron chi connectivity index (χ3n) is 3.98. The van der Waals surface area contributed by atoms with Gasteiger partial charge >= 0.3 is 5.97 Å². The van der Waals surface area contributed by atoms with E-state index in [0.29, 0.717) is 24.0 Å². The summed E-state index contributed by atoms with van der Waals surface area (Å²) in [5, 5.41) is 6.57. The molecule has 0 aliphatic carbocycles. The van der Waals surface area contributed by atoms with Gasteiger partial charge in [0.25, 0.3) is 0 Å². The molecule has 25 heavy (non-hydrogen) atoms. The van der Waals surface area contributed by atoms with Crippen LogP contribution in [0.1, 0.15) is 44.7 Å². The average Bonchev–Trinajstić information content (AvgIpc) is 2.59. The standard InChI is InChI=1S/C19H26N2O3S/c1-4-6-12-24-18(22)16-13(3)20-19(25)21-17(16)14-9-7-8-10-15(14)23-11-5-2/h7-10,16-17H,3-6,11-12H2,1-2H3,(H2,20,21,25)/t16-,17+/m0/s1. The van der Waals surface area contributed by atoms with Crippen molar-refractivity contribution < 1.29 is 14.3 Å². The zero-order valence-corrected chi connectivity index (χ0v) is 15.7. The van der Waals surface area contributed by atoms with Crippen LogP contribution in [0.25, 0.3) is 0 Å². The molecule has 0 aromatic heterocycles. The molecule has 136 valence electrons. The monoisotopic (exact) mass is 362 g/mol. The highest BCUT2D eigenvalue weighted by atomic mass is 32.1. The molecule has 2 atom stereocenters. The average molecular weight is 362 g/mol. The molecule has 0 unspecified atom stereocenters. The lowest BCUT2D eigenvalue weighted by atomic mass is 9.88. The van der Waals surface area contributed by atoms with Gasteiger partial charge in [-0.05, 0) is 31.1 Å². The van der Waals surface area contributed by atoms with Gasteiger partial charge in [-0.1, -0.05) is 45.0 Å². The van der Waals surface area contributed by atoms with Gasteiger partial charge in [0.1, 0.15) is 11.7 Å². The number of esters is 1. The molecule has 1 aromatic carbocycles. The summed E-state index contributed by atoms with van der Waals surface area (Å²) in [7, 11) is 0. The smallest absolute Gasteiger partial charge is 0.317 e. The number of carbonyl (C=O) groups is 1. The van der Waals surface area contributed by atoms with Gasteiger partial charge in [0.2, 0.25) is 0 Å². The number of carbonyl (C=O) groups excluding carboxylic acids is 1. The van der Waals surface area contributed by atoms with Crippen molar-refractivity contribution in [2.45, 2.75) is 39.2 Å². The molecule has 0 spiro atoms. The van der Waals surface area contributed by atoms with Crippen molar-refractivity contribution in [1.82, 2.24) is 10.6 Å². The van der Waals surface area contributed by atoms with Crippen molar-refractivity contribution in [2.24, 2.45) is 5.92 Å². The van der Waals surface area contributed by atoms with Crippen LogP contribution in [0.5, 0.6) is 5.75 Å². The molecule has 0 radical (unpaired) electrons. The molecule has 0 bridgehead atoms. The van der Waals surface area contributed by atoms with Crippen LogP contribution in [0, 0.1) is 5.92 Å². The van der Waals surface area contributed by atoms with Gasteiger partial charge < -0.3 is 20.1 Å². The highest BCUT2D eigenvalue weighted by molar-refractivity contribution is 7.80. The Morgan fingerprint density at radius 2 is 2.00 bits per heavy atom. The Kier molecular flexibility index (Phi) is 7.25. The maximum absolute atomic E-state index is 12.7. The van der Waals surface area contributed by atoms with Crippen LogP contribution in [-0.2, 0) is 9.53 Å². The molecule has 1 saturated heterocycles. The summed E-state index contributed by atoms with van der Waals surface area (Å²) in [6.45, 7) is 9.11. The van der Waals surface area contributed by atoms with Gasteiger partial charge in [-0.2, -0.15) is 0 Å². The fraction of sp³-hybridized carbons (Fsp3) is 0.474. The van der Waals surface area contributed by atoms with Crippen molar-refractivity contribution >= 4 is 23.3 Å². The molecule has 1 heterocycles. The van der Waals surface area contributed by atoms with E-state index >= 15 is 0 Å². The summed E-state index contributed by atoms with van der Waals surface area (Å²) in [4.78, 5) is 12.7.